The van der Waals surface area contributed by atoms with Crippen LogP contribution in [0.15, 0.2) is 53.9 Å². The summed E-state index contributed by atoms with van der Waals surface area (Å²) >= 11 is 0. The van der Waals surface area contributed by atoms with E-state index in [-0.39, 0.29) is 17.6 Å². The number of hydrogen-bond acceptors (Lipinski definition) is 5. The third-order valence-corrected chi connectivity index (χ3v) is 4.16. The van der Waals surface area contributed by atoms with Gasteiger partial charge in [0.1, 0.15) is 28.9 Å². The number of nitriles is 1. The summed E-state index contributed by atoms with van der Waals surface area (Å²) in [7, 11) is 0. The number of benzene rings is 2. The van der Waals surface area contributed by atoms with E-state index in [1.807, 2.05) is 24.3 Å². The molecule has 5 nitrogen and oxygen atoms in total. The summed E-state index contributed by atoms with van der Waals surface area (Å²) in [6.07, 6.45) is 2.05. The van der Waals surface area contributed by atoms with Gasteiger partial charge in [0.05, 0.1) is 12.5 Å². The van der Waals surface area contributed by atoms with E-state index in [0.717, 1.165) is 29.7 Å². The number of phenolic OH excluding ortho intramolecular Hbond substituents is 1. The van der Waals surface area contributed by atoms with E-state index in [1.54, 1.807) is 12.1 Å². The maximum atomic E-state index is 9.70. The zero-order valence-electron chi connectivity index (χ0n) is 14.0. The molecule has 0 aromatic heterocycles. The molecule has 1 atom stereocenters. The van der Waals surface area contributed by atoms with Crippen LogP contribution >= 0.6 is 0 Å². The third kappa shape index (κ3) is 3.38. The Morgan fingerprint density at radius 3 is 2.88 bits per heavy atom. The fourth-order valence-electron chi connectivity index (χ4n) is 2.91. The first-order chi connectivity index (χ1) is 12.1. The van der Waals surface area contributed by atoms with Gasteiger partial charge in [0.25, 0.3) is 0 Å². The molecule has 0 amide bonds. The Labute approximate surface area is 146 Å². The molecular formula is C20H20N2O3. The number of nitrogens with two attached hydrogens (primary N) is 1. The minimum atomic E-state index is -0.357. The Morgan fingerprint density at radius 1 is 1.28 bits per heavy atom. The number of nitrogens with zero attached hydrogens (tertiary/aromatic N) is 1. The standard InChI is InChI=1S/C20H20N2O3/c1-2-3-9-24-15-6-4-5-13(10-15)19-16-8-7-14(23)11-18(16)25-20(22)17(19)12-21/h4-8,10-11,19,23H,2-3,9,22H2,1H3/t19-/m0/s1. The zero-order chi connectivity index (χ0) is 17.8. The number of ether oxygens (including phenoxy) is 2. The fourth-order valence-corrected chi connectivity index (χ4v) is 2.91. The quantitative estimate of drug-likeness (QED) is 0.811. The molecule has 1 aliphatic rings. The van der Waals surface area contributed by atoms with Gasteiger partial charge in [-0.05, 0) is 30.2 Å². The van der Waals surface area contributed by atoms with E-state index < -0.39 is 0 Å². The monoisotopic (exact) mass is 336 g/mol. The van der Waals surface area contributed by atoms with E-state index in [4.69, 9.17) is 15.2 Å². The van der Waals surface area contributed by atoms with Crippen LogP contribution in [0.3, 0.4) is 0 Å². The Balaban J connectivity index is 2.03. The molecule has 5 heteroatoms. The van der Waals surface area contributed by atoms with Gasteiger partial charge in [-0.1, -0.05) is 31.5 Å². The van der Waals surface area contributed by atoms with Gasteiger partial charge < -0.3 is 20.3 Å². The van der Waals surface area contributed by atoms with Crippen molar-refractivity contribution in [3.8, 4) is 23.3 Å². The van der Waals surface area contributed by atoms with Crippen LogP contribution in [0.5, 0.6) is 17.2 Å². The Kier molecular flexibility index (Phi) is 4.80. The lowest BCUT2D eigenvalue weighted by molar-refractivity contribution is 0.309. The van der Waals surface area contributed by atoms with Crippen molar-refractivity contribution in [2.45, 2.75) is 25.7 Å². The summed E-state index contributed by atoms with van der Waals surface area (Å²) < 4.78 is 11.3. The highest BCUT2D eigenvalue weighted by Crippen LogP contribution is 2.43. The molecule has 0 saturated carbocycles. The summed E-state index contributed by atoms with van der Waals surface area (Å²) in [6.45, 7) is 2.77. The molecule has 0 bridgehead atoms. The number of aromatic hydroxyl groups is 1. The van der Waals surface area contributed by atoms with Gasteiger partial charge in [0.2, 0.25) is 5.88 Å². The maximum absolute atomic E-state index is 9.70. The lowest BCUT2D eigenvalue weighted by Crippen LogP contribution is -2.21. The van der Waals surface area contributed by atoms with E-state index in [1.165, 1.54) is 6.07 Å². The van der Waals surface area contributed by atoms with Gasteiger partial charge in [-0.25, -0.2) is 0 Å². The molecular weight excluding hydrogens is 316 g/mol. The normalized spacial score (nSPS) is 15.9. The minimum absolute atomic E-state index is 0.0582. The van der Waals surface area contributed by atoms with Gasteiger partial charge in [-0.2, -0.15) is 5.26 Å². The second kappa shape index (κ2) is 7.18. The molecule has 0 aliphatic carbocycles. The highest BCUT2D eigenvalue weighted by Gasteiger charge is 2.31. The molecule has 2 aromatic rings. The van der Waals surface area contributed by atoms with E-state index in [2.05, 4.69) is 13.0 Å². The van der Waals surface area contributed by atoms with E-state index in [9.17, 15) is 10.4 Å². The average Bonchev–Trinajstić information content (AvgIpc) is 2.61. The van der Waals surface area contributed by atoms with Crippen LogP contribution in [-0.4, -0.2) is 11.7 Å². The van der Waals surface area contributed by atoms with Gasteiger partial charge in [-0.15, -0.1) is 0 Å². The molecule has 1 heterocycles. The molecule has 0 fully saturated rings. The predicted octanol–water partition coefficient (Wildman–Crippen LogP) is 3.79. The first-order valence-corrected chi connectivity index (χ1v) is 8.27. The van der Waals surface area contributed by atoms with Crippen LogP contribution in [0.2, 0.25) is 0 Å². The van der Waals surface area contributed by atoms with Crippen molar-refractivity contribution in [1.29, 1.82) is 5.26 Å². The Bertz CT molecular complexity index is 852. The van der Waals surface area contributed by atoms with Crippen molar-refractivity contribution in [1.82, 2.24) is 0 Å². The largest absolute Gasteiger partial charge is 0.508 e. The van der Waals surface area contributed by atoms with Crippen molar-refractivity contribution >= 4 is 0 Å². The predicted molar refractivity (Wildman–Crippen MR) is 94.2 cm³/mol. The lowest BCUT2D eigenvalue weighted by atomic mass is 9.83. The number of fused-ring (bicyclic) bond motifs is 1. The van der Waals surface area contributed by atoms with Crippen molar-refractivity contribution in [3.05, 3.63) is 65.0 Å². The summed E-state index contributed by atoms with van der Waals surface area (Å²) in [5.74, 6) is 1.00. The lowest BCUT2D eigenvalue weighted by Gasteiger charge is -2.26. The first kappa shape index (κ1) is 16.7. The minimum Gasteiger partial charge on any atom is -0.508 e. The van der Waals surface area contributed by atoms with Gasteiger partial charge >= 0.3 is 0 Å². The highest BCUT2D eigenvalue weighted by molar-refractivity contribution is 5.57. The number of rotatable bonds is 5. The molecule has 25 heavy (non-hydrogen) atoms. The van der Waals surface area contributed by atoms with Crippen LogP contribution in [-0.2, 0) is 0 Å². The van der Waals surface area contributed by atoms with E-state index >= 15 is 0 Å². The van der Waals surface area contributed by atoms with Crippen molar-refractivity contribution in [2.75, 3.05) is 6.61 Å². The molecule has 0 unspecified atom stereocenters. The number of phenols is 1. The summed E-state index contributed by atoms with van der Waals surface area (Å²) in [6, 6.07) is 14.6. The molecule has 0 saturated heterocycles. The SMILES string of the molecule is CCCCOc1cccc([C@@H]2C(C#N)=C(N)Oc3cc(O)ccc32)c1. The topological polar surface area (TPSA) is 88.5 Å². The van der Waals surface area contributed by atoms with Crippen molar-refractivity contribution < 1.29 is 14.6 Å². The van der Waals surface area contributed by atoms with Crippen LogP contribution in [0.25, 0.3) is 0 Å². The molecule has 1 aliphatic heterocycles. The van der Waals surface area contributed by atoms with Gasteiger partial charge in [-0.3, -0.25) is 0 Å². The smallest absolute Gasteiger partial charge is 0.205 e. The van der Waals surface area contributed by atoms with Crippen LogP contribution in [0.4, 0.5) is 0 Å². The molecule has 0 radical (unpaired) electrons. The molecule has 128 valence electrons. The zero-order valence-corrected chi connectivity index (χ0v) is 14.0. The molecule has 3 rings (SSSR count). The Hall–Kier alpha value is -3.13. The molecule has 2 aromatic carbocycles. The van der Waals surface area contributed by atoms with Crippen LogP contribution < -0.4 is 15.2 Å². The second-order valence-electron chi connectivity index (χ2n) is 5.92. The van der Waals surface area contributed by atoms with Crippen LogP contribution in [0, 0.1) is 11.3 Å². The average molecular weight is 336 g/mol. The second-order valence-corrected chi connectivity index (χ2v) is 5.92. The number of hydrogen-bond donors (Lipinski definition) is 2. The first-order valence-electron chi connectivity index (χ1n) is 8.27. The van der Waals surface area contributed by atoms with Gasteiger partial charge in [0.15, 0.2) is 0 Å². The summed E-state index contributed by atoms with van der Waals surface area (Å²) in [5, 5.41) is 19.3. The Morgan fingerprint density at radius 2 is 2.12 bits per heavy atom. The van der Waals surface area contributed by atoms with E-state index in [0.29, 0.717) is 17.9 Å². The highest BCUT2D eigenvalue weighted by atomic mass is 16.5. The fraction of sp³-hybridized carbons (Fsp3) is 0.250. The van der Waals surface area contributed by atoms with Crippen LogP contribution in [0.1, 0.15) is 36.8 Å². The molecule has 3 N–H and O–H groups in total. The number of unbranched alkanes of at least 4 members (excludes halogenated alkanes) is 1. The molecule has 0 spiro atoms. The summed E-state index contributed by atoms with van der Waals surface area (Å²) in [4.78, 5) is 0. The third-order valence-electron chi connectivity index (χ3n) is 4.16. The van der Waals surface area contributed by atoms with Crippen molar-refractivity contribution in [2.24, 2.45) is 5.73 Å². The van der Waals surface area contributed by atoms with Crippen molar-refractivity contribution in [3.63, 3.8) is 0 Å². The summed E-state index contributed by atoms with van der Waals surface area (Å²) in [5.41, 5.74) is 7.97. The van der Waals surface area contributed by atoms with Gasteiger partial charge in [0, 0.05) is 11.6 Å². The number of allylic oxidation sites excluding steroid dienone is 1. The maximum Gasteiger partial charge on any atom is 0.205 e.